The number of nitrogens with zero attached hydrogens (tertiary/aromatic N) is 1. The number of carbonyl (C=O) groups excluding carboxylic acids is 1. The van der Waals surface area contributed by atoms with Gasteiger partial charge in [-0.15, -0.1) is 0 Å². The van der Waals surface area contributed by atoms with Crippen molar-refractivity contribution >= 4 is 5.91 Å². The van der Waals surface area contributed by atoms with Gasteiger partial charge >= 0.3 is 5.69 Å². The standard InChI is InChI=1S/C14H21N3O3/c1-9-5-3-4-8-17(9)12(18)7-6-11-10(2)15-14(20)16-13(11)19/h9H,3-8H2,1-2H3,(H2,15,16,19,20). The number of piperidine rings is 1. The Morgan fingerprint density at radius 2 is 2.05 bits per heavy atom. The monoisotopic (exact) mass is 279 g/mol. The topological polar surface area (TPSA) is 86.0 Å². The van der Waals surface area contributed by atoms with E-state index < -0.39 is 11.2 Å². The van der Waals surface area contributed by atoms with Crippen molar-refractivity contribution in [3.8, 4) is 0 Å². The van der Waals surface area contributed by atoms with Crippen LogP contribution >= 0.6 is 0 Å². The number of likely N-dealkylation sites (tertiary alicyclic amines) is 1. The minimum atomic E-state index is -0.507. The molecule has 1 saturated heterocycles. The summed E-state index contributed by atoms with van der Waals surface area (Å²) in [6.07, 6.45) is 3.93. The molecular formula is C14H21N3O3. The molecule has 0 spiro atoms. The van der Waals surface area contributed by atoms with E-state index in [-0.39, 0.29) is 11.9 Å². The predicted octanol–water partition coefficient (Wildman–Crippen LogP) is 0.705. The highest BCUT2D eigenvalue weighted by Crippen LogP contribution is 2.17. The van der Waals surface area contributed by atoms with E-state index in [4.69, 9.17) is 0 Å². The summed E-state index contributed by atoms with van der Waals surface area (Å²) < 4.78 is 0. The minimum Gasteiger partial charge on any atom is -0.340 e. The van der Waals surface area contributed by atoms with Crippen molar-refractivity contribution < 1.29 is 4.79 Å². The van der Waals surface area contributed by atoms with Crippen molar-refractivity contribution in [2.75, 3.05) is 6.54 Å². The molecule has 0 radical (unpaired) electrons. The number of hydrogen-bond donors (Lipinski definition) is 2. The van der Waals surface area contributed by atoms with E-state index >= 15 is 0 Å². The van der Waals surface area contributed by atoms with Crippen LogP contribution in [0.25, 0.3) is 0 Å². The molecule has 6 heteroatoms. The highest BCUT2D eigenvalue weighted by atomic mass is 16.2. The summed E-state index contributed by atoms with van der Waals surface area (Å²) in [6, 6.07) is 0.284. The van der Waals surface area contributed by atoms with Gasteiger partial charge in [0.05, 0.1) is 0 Å². The van der Waals surface area contributed by atoms with Crippen LogP contribution in [0.1, 0.15) is 43.9 Å². The minimum absolute atomic E-state index is 0.0854. The van der Waals surface area contributed by atoms with Crippen molar-refractivity contribution in [3.63, 3.8) is 0 Å². The summed E-state index contributed by atoms with van der Waals surface area (Å²) in [5.74, 6) is 0.0854. The Kier molecular flexibility index (Phi) is 4.42. The molecule has 1 aromatic rings. The first kappa shape index (κ1) is 14.6. The molecule has 0 aliphatic carbocycles. The molecule has 20 heavy (non-hydrogen) atoms. The van der Waals surface area contributed by atoms with Crippen LogP contribution in [0, 0.1) is 6.92 Å². The average Bonchev–Trinajstić information content (AvgIpc) is 2.37. The molecule has 2 heterocycles. The lowest BCUT2D eigenvalue weighted by Crippen LogP contribution is -2.42. The van der Waals surface area contributed by atoms with E-state index in [1.807, 2.05) is 4.90 Å². The third-order valence-electron chi connectivity index (χ3n) is 3.97. The Hall–Kier alpha value is -1.85. The van der Waals surface area contributed by atoms with Gasteiger partial charge in [0.15, 0.2) is 0 Å². The first-order chi connectivity index (χ1) is 9.49. The molecule has 0 aromatic carbocycles. The number of hydrogen-bond acceptors (Lipinski definition) is 3. The Bertz CT molecular complexity index is 602. The van der Waals surface area contributed by atoms with E-state index in [9.17, 15) is 14.4 Å². The summed E-state index contributed by atoms with van der Waals surface area (Å²) >= 11 is 0. The number of rotatable bonds is 3. The number of aryl methyl sites for hydroxylation is 1. The number of aromatic nitrogens is 2. The maximum absolute atomic E-state index is 12.2. The molecular weight excluding hydrogens is 258 g/mol. The number of carbonyl (C=O) groups is 1. The third-order valence-corrected chi connectivity index (χ3v) is 3.97. The Labute approximate surface area is 117 Å². The first-order valence-corrected chi connectivity index (χ1v) is 7.10. The highest BCUT2D eigenvalue weighted by Gasteiger charge is 2.23. The molecule has 1 fully saturated rings. The fourth-order valence-electron chi connectivity index (χ4n) is 2.77. The molecule has 1 unspecified atom stereocenters. The molecule has 0 bridgehead atoms. The molecule has 6 nitrogen and oxygen atoms in total. The largest absolute Gasteiger partial charge is 0.340 e. The lowest BCUT2D eigenvalue weighted by atomic mass is 10.0. The molecule has 0 saturated carbocycles. The van der Waals surface area contributed by atoms with Crippen molar-refractivity contribution in [1.29, 1.82) is 0 Å². The van der Waals surface area contributed by atoms with Gasteiger partial charge in [-0.25, -0.2) is 4.79 Å². The lowest BCUT2D eigenvalue weighted by molar-refractivity contribution is -0.134. The first-order valence-electron chi connectivity index (χ1n) is 7.10. The van der Waals surface area contributed by atoms with E-state index in [1.54, 1.807) is 6.92 Å². The second-order valence-corrected chi connectivity index (χ2v) is 5.44. The van der Waals surface area contributed by atoms with Crippen molar-refractivity contribution in [2.45, 2.75) is 52.0 Å². The zero-order chi connectivity index (χ0) is 14.7. The van der Waals surface area contributed by atoms with Gasteiger partial charge in [0.1, 0.15) is 0 Å². The fourth-order valence-corrected chi connectivity index (χ4v) is 2.77. The van der Waals surface area contributed by atoms with Crippen LogP contribution in [-0.2, 0) is 11.2 Å². The van der Waals surface area contributed by atoms with Crippen LogP contribution in [-0.4, -0.2) is 33.4 Å². The van der Waals surface area contributed by atoms with Crippen LogP contribution in [0.5, 0.6) is 0 Å². The molecule has 110 valence electrons. The van der Waals surface area contributed by atoms with E-state index in [0.717, 1.165) is 19.4 Å². The van der Waals surface area contributed by atoms with Gasteiger partial charge < -0.3 is 9.88 Å². The van der Waals surface area contributed by atoms with Crippen LogP contribution in [0.2, 0.25) is 0 Å². The predicted molar refractivity (Wildman–Crippen MR) is 75.8 cm³/mol. The Morgan fingerprint density at radius 3 is 2.70 bits per heavy atom. The number of amides is 1. The van der Waals surface area contributed by atoms with Gasteiger partial charge in [0.2, 0.25) is 5.91 Å². The van der Waals surface area contributed by atoms with Crippen molar-refractivity contribution in [3.05, 3.63) is 32.1 Å². The van der Waals surface area contributed by atoms with E-state index in [2.05, 4.69) is 16.9 Å². The number of nitrogens with one attached hydrogen (secondary N) is 2. The summed E-state index contributed by atoms with van der Waals surface area (Å²) in [5, 5.41) is 0. The Balaban J connectivity index is 2.03. The molecule has 1 aliphatic heterocycles. The second kappa shape index (κ2) is 6.07. The number of aromatic amines is 2. The molecule has 2 rings (SSSR count). The quantitative estimate of drug-likeness (QED) is 0.854. The third kappa shape index (κ3) is 3.18. The Morgan fingerprint density at radius 1 is 1.30 bits per heavy atom. The fraction of sp³-hybridized carbons (Fsp3) is 0.643. The van der Waals surface area contributed by atoms with Crippen LogP contribution in [0.15, 0.2) is 9.59 Å². The zero-order valence-corrected chi connectivity index (χ0v) is 12.0. The summed E-state index contributed by atoms with van der Waals surface area (Å²) in [4.78, 5) is 41.7. The van der Waals surface area contributed by atoms with E-state index in [1.165, 1.54) is 6.42 Å². The van der Waals surface area contributed by atoms with Gasteiger partial charge in [-0.1, -0.05) is 0 Å². The maximum Gasteiger partial charge on any atom is 0.325 e. The van der Waals surface area contributed by atoms with E-state index in [0.29, 0.717) is 24.1 Å². The number of H-pyrrole nitrogens is 2. The van der Waals surface area contributed by atoms with Gasteiger partial charge in [-0.05, 0) is 39.5 Å². The van der Waals surface area contributed by atoms with Crippen molar-refractivity contribution in [2.24, 2.45) is 0 Å². The smallest absolute Gasteiger partial charge is 0.325 e. The average molecular weight is 279 g/mol. The summed E-state index contributed by atoms with van der Waals surface area (Å²) in [6.45, 7) is 4.55. The highest BCUT2D eigenvalue weighted by molar-refractivity contribution is 5.76. The van der Waals surface area contributed by atoms with Crippen LogP contribution < -0.4 is 11.2 Å². The normalized spacial score (nSPS) is 19.1. The molecule has 1 amide bonds. The lowest BCUT2D eigenvalue weighted by Gasteiger charge is -2.33. The molecule has 1 aromatic heterocycles. The summed E-state index contributed by atoms with van der Waals surface area (Å²) in [5.41, 5.74) is 0.124. The van der Waals surface area contributed by atoms with Crippen LogP contribution in [0.3, 0.4) is 0 Å². The molecule has 1 aliphatic rings. The van der Waals surface area contributed by atoms with Crippen LogP contribution in [0.4, 0.5) is 0 Å². The van der Waals surface area contributed by atoms with Gasteiger partial charge in [-0.2, -0.15) is 0 Å². The van der Waals surface area contributed by atoms with Crippen molar-refractivity contribution in [1.82, 2.24) is 14.9 Å². The maximum atomic E-state index is 12.2. The SMILES string of the molecule is Cc1[nH]c(=O)[nH]c(=O)c1CCC(=O)N1CCCCC1C. The molecule has 1 atom stereocenters. The molecule has 2 N–H and O–H groups in total. The zero-order valence-electron chi connectivity index (χ0n) is 12.0. The summed E-state index contributed by atoms with van der Waals surface area (Å²) in [7, 11) is 0. The second-order valence-electron chi connectivity index (χ2n) is 5.44. The van der Waals surface area contributed by atoms with Gasteiger partial charge in [0.25, 0.3) is 5.56 Å². The van der Waals surface area contributed by atoms with Gasteiger partial charge in [0, 0.05) is 30.3 Å². The van der Waals surface area contributed by atoms with Gasteiger partial charge in [-0.3, -0.25) is 14.6 Å².